The minimum Gasteiger partial charge on any atom is -0.377 e. The Kier molecular flexibility index (Phi) is 5.70. The first-order valence-corrected chi connectivity index (χ1v) is 10.9. The summed E-state index contributed by atoms with van der Waals surface area (Å²) in [5, 5.41) is 24.1. The van der Waals surface area contributed by atoms with Crippen molar-refractivity contribution >= 4 is 22.9 Å². The summed E-state index contributed by atoms with van der Waals surface area (Å²) in [6.45, 7) is 0.557. The molecule has 5 rings (SSSR count). The first-order valence-electron chi connectivity index (χ1n) is 10.9. The van der Waals surface area contributed by atoms with Crippen molar-refractivity contribution in [3.63, 3.8) is 0 Å². The van der Waals surface area contributed by atoms with Crippen LogP contribution < -0.4 is 16.0 Å². The molecule has 0 spiro atoms. The number of halogens is 2. The number of carbonyl (C=O) groups is 1. The van der Waals surface area contributed by atoms with Crippen LogP contribution >= 0.6 is 0 Å². The lowest BCUT2D eigenvalue weighted by molar-refractivity contribution is 0.100. The molecule has 35 heavy (non-hydrogen) atoms. The van der Waals surface area contributed by atoms with Crippen LogP contribution in [0.4, 0.5) is 20.3 Å². The third-order valence-electron chi connectivity index (χ3n) is 6.04. The van der Waals surface area contributed by atoms with Gasteiger partial charge >= 0.3 is 0 Å². The van der Waals surface area contributed by atoms with E-state index in [1.807, 2.05) is 6.07 Å². The highest BCUT2D eigenvalue weighted by molar-refractivity contribution is 6.02. The molecule has 1 aliphatic heterocycles. The third kappa shape index (κ3) is 4.33. The minimum atomic E-state index is -1.29. The van der Waals surface area contributed by atoms with Gasteiger partial charge in [0.1, 0.15) is 18.1 Å². The molecule has 1 fully saturated rings. The van der Waals surface area contributed by atoms with E-state index >= 15 is 4.39 Å². The Bertz CT molecular complexity index is 1430. The molecular weight excluding hydrogens is 454 g/mol. The molecule has 3 aromatic heterocycles. The summed E-state index contributed by atoms with van der Waals surface area (Å²) in [5.41, 5.74) is 8.39. The third-order valence-corrected chi connectivity index (χ3v) is 6.04. The number of alkyl halides is 1. The van der Waals surface area contributed by atoms with E-state index in [-0.39, 0.29) is 23.6 Å². The van der Waals surface area contributed by atoms with Crippen molar-refractivity contribution in [1.82, 2.24) is 19.8 Å². The molecule has 2 atom stereocenters. The number of aromatic nitrogens is 4. The number of primary amides is 1. The van der Waals surface area contributed by atoms with Crippen molar-refractivity contribution in [2.45, 2.75) is 18.6 Å². The number of nitrogens with two attached hydrogens (primary N) is 1. The van der Waals surface area contributed by atoms with Gasteiger partial charge in [-0.15, -0.1) is 10.2 Å². The Labute approximate surface area is 198 Å². The molecule has 1 amide bonds. The van der Waals surface area contributed by atoms with Gasteiger partial charge in [-0.25, -0.2) is 13.3 Å². The van der Waals surface area contributed by atoms with E-state index in [4.69, 9.17) is 11.0 Å². The zero-order valence-electron chi connectivity index (χ0n) is 18.4. The van der Waals surface area contributed by atoms with Crippen LogP contribution in [-0.2, 0) is 0 Å². The quantitative estimate of drug-likeness (QED) is 0.456. The summed E-state index contributed by atoms with van der Waals surface area (Å²) in [6.07, 6.45) is 2.22. The van der Waals surface area contributed by atoms with Gasteiger partial charge < -0.3 is 16.0 Å². The predicted octanol–water partition coefficient (Wildman–Crippen LogP) is 2.93. The number of benzene rings is 1. The number of nitrogens with zero attached hydrogens (tertiary/aromatic N) is 6. The first-order chi connectivity index (χ1) is 16.9. The van der Waals surface area contributed by atoms with Gasteiger partial charge in [0.05, 0.1) is 35.6 Å². The smallest absolute Gasteiger partial charge is 0.252 e. The minimum absolute atomic E-state index is 0.0629. The van der Waals surface area contributed by atoms with Gasteiger partial charge in [0.2, 0.25) is 0 Å². The molecule has 4 heterocycles. The highest BCUT2D eigenvalue weighted by Crippen LogP contribution is 2.31. The maximum atomic E-state index is 15.3. The number of carbonyl (C=O) groups excluding carboxylic acids is 1. The van der Waals surface area contributed by atoms with E-state index in [1.54, 1.807) is 39.9 Å². The highest BCUT2D eigenvalue weighted by Gasteiger charge is 2.31. The Morgan fingerprint density at radius 1 is 1.17 bits per heavy atom. The van der Waals surface area contributed by atoms with Crippen molar-refractivity contribution in [3.8, 4) is 17.2 Å². The molecule has 0 radical (unpaired) electrons. The molecule has 176 valence electrons. The molecule has 4 aromatic rings. The van der Waals surface area contributed by atoms with Crippen LogP contribution in [0.3, 0.4) is 0 Å². The van der Waals surface area contributed by atoms with E-state index < -0.39 is 18.1 Å². The second-order valence-corrected chi connectivity index (χ2v) is 8.25. The monoisotopic (exact) mass is 474 g/mol. The second kappa shape index (κ2) is 8.98. The van der Waals surface area contributed by atoms with Crippen LogP contribution in [0, 0.1) is 17.1 Å². The van der Waals surface area contributed by atoms with Crippen LogP contribution in [0.2, 0.25) is 0 Å². The van der Waals surface area contributed by atoms with Crippen molar-refractivity contribution in [3.05, 3.63) is 71.9 Å². The topological polar surface area (TPSA) is 125 Å². The van der Waals surface area contributed by atoms with E-state index in [2.05, 4.69) is 20.6 Å². The van der Waals surface area contributed by atoms with Gasteiger partial charge in [0, 0.05) is 18.3 Å². The fourth-order valence-electron chi connectivity index (χ4n) is 4.21. The number of fused-ring (bicyclic) bond motifs is 1. The summed E-state index contributed by atoms with van der Waals surface area (Å²) >= 11 is 0. The summed E-state index contributed by atoms with van der Waals surface area (Å²) in [7, 11) is 0. The number of hydrogen-bond donors (Lipinski definition) is 2. The fourth-order valence-corrected chi connectivity index (χ4v) is 4.21. The van der Waals surface area contributed by atoms with E-state index in [1.165, 1.54) is 24.4 Å². The molecular formula is C24H20F2N8O. The molecule has 3 N–H and O–H groups in total. The highest BCUT2D eigenvalue weighted by atomic mass is 19.1. The largest absolute Gasteiger partial charge is 0.377 e. The van der Waals surface area contributed by atoms with Crippen LogP contribution in [0.15, 0.2) is 54.9 Å². The molecule has 1 aliphatic rings. The molecule has 11 heteroatoms. The number of amides is 1. The lowest BCUT2D eigenvalue weighted by Crippen LogP contribution is -2.48. The zero-order valence-corrected chi connectivity index (χ0v) is 18.4. The number of piperidine rings is 1. The van der Waals surface area contributed by atoms with Crippen molar-refractivity contribution in [2.24, 2.45) is 5.73 Å². The first kappa shape index (κ1) is 22.2. The van der Waals surface area contributed by atoms with Crippen molar-refractivity contribution < 1.29 is 13.6 Å². The van der Waals surface area contributed by atoms with Crippen LogP contribution in [0.1, 0.15) is 22.5 Å². The number of rotatable bonds is 5. The number of nitrogens with one attached hydrogen (secondary N) is 1. The Hall–Kier alpha value is -4.59. The Morgan fingerprint density at radius 3 is 2.63 bits per heavy atom. The van der Waals surface area contributed by atoms with Crippen LogP contribution in [0.5, 0.6) is 0 Å². The molecule has 0 saturated carbocycles. The fraction of sp³-hybridized carbons (Fsp3) is 0.208. The second-order valence-electron chi connectivity index (χ2n) is 8.25. The summed E-state index contributed by atoms with van der Waals surface area (Å²) in [5.74, 6) is -0.543. The van der Waals surface area contributed by atoms with E-state index in [9.17, 15) is 9.18 Å². The predicted molar refractivity (Wildman–Crippen MR) is 125 cm³/mol. The Morgan fingerprint density at radius 2 is 1.97 bits per heavy atom. The maximum Gasteiger partial charge on any atom is 0.252 e. The average Bonchev–Trinajstić information content (AvgIpc) is 3.30. The zero-order chi connectivity index (χ0) is 24.5. The normalized spacial score (nSPS) is 17.8. The van der Waals surface area contributed by atoms with Crippen LogP contribution in [0.25, 0.3) is 16.6 Å². The molecule has 0 aliphatic carbocycles. The molecule has 9 nitrogen and oxygen atoms in total. The summed E-state index contributed by atoms with van der Waals surface area (Å²) in [4.78, 5) is 13.9. The SMILES string of the molecule is N#Cc1ccc(N2CC[C@@H](Nc3c(C(N)=O)cnn4cc(-c5ccc(F)cc5)cc34)[C@@H](F)C2)nn1. The van der Waals surface area contributed by atoms with Crippen LogP contribution in [-0.4, -0.2) is 51.0 Å². The molecule has 0 unspecified atom stereocenters. The number of hydrogen-bond acceptors (Lipinski definition) is 7. The summed E-state index contributed by atoms with van der Waals surface area (Å²) < 4.78 is 30.2. The van der Waals surface area contributed by atoms with Gasteiger partial charge in [-0.1, -0.05) is 12.1 Å². The standard InChI is InChI=1S/C24H20F2N8O/c25-16-3-1-14(2-4-16)15-9-21-23(18(24(28)35)11-29-34(21)12-15)30-20-7-8-33(13-19(20)26)22-6-5-17(10-27)31-32-22/h1-6,9,11-12,19-20,30H,7-8,13H2,(H2,28,35)/t19-,20+/m0/s1. The van der Waals surface area contributed by atoms with Gasteiger partial charge in [-0.3, -0.25) is 4.79 Å². The molecule has 1 saturated heterocycles. The lowest BCUT2D eigenvalue weighted by atomic mass is 10.0. The maximum absolute atomic E-state index is 15.3. The lowest BCUT2D eigenvalue weighted by Gasteiger charge is -2.36. The summed E-state index contributed by atoms with van der Waals surface area (Å²) in [6, 6.07) is 12.3. The van der Waals surface area contributed by atoms with Gasteiger partial charge in [0.15, 0.2) is 11.5 Å². The molecule has 0 bridgehead atoms. The van der Waals surface area contributed by atoms with Gasteiger partial charge in [-0.2, -0.15) is 10.4 Å². The Balaban J connectivity index is 1.42. The van der Waals surface area contributed by atoms with E-state index in [0.29, 0.717) is 30.0 Å². The number of anilines is 2. The molecule has 1 aromatic carbocycles. The van der Waals surface area contributed by atoms with E-state index in [0.717, 1.165) is 11.1 Å². The van der Waals surface area contributed by atoms with Gasteiger partial charge in [-0.05, 0) is 42.3 Å². The average molecular weight is 474 g/mol. The van der Waals surface area contributed by atoms with Gasteiger partial charge in [0.25, 0.3) is 5.91 Å². The number of nitriles is 1. The van der Waals surface area contributed by atoms with Crippen molar-refractivity contribution in [1.29, 1.82) is 5.26 Å². The van der Waals surface area contributed by atoms with Crippen molar-refractivity contribution in [2.75, 3.05) is 23.3 Å².